The van der Waals surface area contributed by atoms with Gasteiger partial charge in [-0.05, 0) is 12.1 Å². The fraction of sp³-hybridized carbons (Fsp3) is 0. The number of fused-ring (bicyclic) bond motifs is 1. The first-order chi connectivity index (χ1) is 8.25. The molecule has 3 aromatic rings. The second-order valence-electron chi connectivity index (χ2n) is 3.63. The summed E-state index contributed by atoms with van der Waals surface area (Å²) in [5, 5.41) is 0.875. The molecule has 5 N–H and O–H groups in total. The maximum absolute atomic E-state index is 6.08. The highest BCUT2D eigenvalue weighted by atomic mass is 15.0. The summed E-state index contributed by atoms with van der Waals surface area (Å²) in [6.07, 6.45) is 5.07. The van der Waals surface area contributed by atoms with E-state index < -0.39 is 0 Å². The lowest BCUT2D eigenvalue weighted by molar-refractivity contribution is 1.19. The third kappa shape index (κ3) is 1.46. The maximum atomic E-state index is 6.08. The van der Waals surface area contributed by atoms with Crippen LogP contribution in [0.5, 0.6) is 0 Å². The molecule has 0 saturated heterocycles. The zero-order valence-electron chi connectivity index (χ0n) is 8.88. The molecule has 0 amide bonds. The van der Waals surface area contributed by atoms with Gasteiger partial charge in [0, 0.05) is 29.5 Å². The summed E-state index contributed by atoms with van der Waals surface area (Å²) in [6, 6.07) is 3.63. The summed E-state index contributed by atoms with van der Waals surface area (Å²) in [6.45, 7) is 0. The van der Waals surface area contributed by atoms with Crippen molar-refractivity contribution in [3.8, 4) is 11.3 Å². The largest absolute Gasteiger partial charge is 0.398 e. The molecule has 3 aromatic heterocycles. The van der Waals surface area contributed by atoms with Gasteiger partial charge in [-0.2, -0.15) is 0 Å². The van der Waals surface area contributed by atoms with E-state index in [4.69, 9.17) is 11.5 Å². The zero-order chi connectivity index (χ0) is 11.8. The van der Waals surface area contributed by atoms with E-state index in [0.29, 0.717) is 11.4 Å². The van der Waals surface area contributed by atoms with Crippen LogP contribution in [0.25, 0.3) is 22.3 Å². The highest BCUT2D eigenvalue weighted by molar-refractivity contribution is 5.96. The Kier molecular flexibility index (Phi) is 1.94. The number of nitrogens with two attached hydrogens (primary N) is 2. The van der Waals surface area contributed by atoms with Gasteiger partial charge in [-0.1, -0.05) is 0 Å². The van der Waals surface area contributed by atoms with Crippen LogP contribution in [0.3, 0.4) is 0 Å². The van der Waals surface area contributed by atoms with Crippen LogP contribution in [0.2, 0.25) is 0 Å². The van der Waals surface area contributed by atoms with Gasteiger partial charge in [0.2, 0.25) is 5.95 Å². The van der Waals surface area contributed by atoms with E-state index in [1.807, 2.05) is 6.07 Å². The number of nitrogens with one attached hydrogen (secondary N) is 1. The third-order valence-electron chi connectivity index (χ3n) is 2.58. The molecule has 0 spiro atoms. The Morgan fingerprint density at radius 2 is 2.00 bits per heavy atom. The van der Waals surface area contributed by atoms with Crippen LogP contribution in [0, 0.1) is 0 Å². The first kappa shape index (κ1) is 9.59. The molecule has 17 heavy (non-hydrogen) atoms. The lowest BCUT2D eigenvalue weighted by atomic mass is 10.1. The Morgan fingerprint density at radius 1 is 1.12 bits per heavy atom. The van der Waals surface area contributed by atoms with Crippen molar-refractivity contribution in [3.63, 3.8) is 0 Å². The first-order valence-corrected chi connectivity index (χ1v) is 5.06. The van der Waals surface area contributed by atoms with E-state index in [2.05, 4.69) is 19.9 Å². The van der Waals surface area contributed by atoms with E-state index in [0.717, 1.165) is 16.6 Å². The number of aromatic nitrogens is 4. The molecule has 0 aliphatic rings. The van der Waals surface area contributed by atoms with Crippen LogP contribution in [-0.4, -0.2) is 19.9 Å². The minimum absolute atomic E-state index is 0.219. The van der Waals surface area contributed by atoms with Gasteiger partial charge >= 0.3 is 0 Å². The quantitative estimate of drug-likeness (QED) is 0.577. The van der Waals surface area contributed by atoms with Crippen molar-refractivity contribution >= 4 is 22.7 Å². The molecule has 3 heterocycles. The van der Waals surface area contributed by atoms with Gasteiger partial charge in [-0.3, -0.25) is 0 Å². The van der Waals surface area contributed by atoms with Gasteiger partial charge in [0.05, 0.1) is 11.4 Å². The molecule has 84 valence electrons. The minimum atomic E-state index is 0.219. The summed E-state index contributed by atoms with van der Waals surface area (Å²) < 4.78 is 0. The Hall–Kier alpha value is -2.63. The summed E-state index contributed by atoms with van der Waals surface area (Å²) in [4.78, 5) is 15.3. The van der Waals surface area contributed by atoms with Crippen LogP contribution < -0.4 is 11.5 Å². The number of nitrogen functional groups attached to an aromatic ring is 2. The van der Waals surface area contributed by atoms with E-state index in [1.165, 1.54) is 0 Å². The number of rotatable bonds is 1. The molecule has 0 saturated carbocycles. The van der Waals surface area contributed by atoms with Crippen LogP contribution in [-0.2, 0) is 0 Å². The highest BCUT2D eigenvalue weighted by Gasteiger charge is 2.09. The molecule has 0 fully saturated rings. The summed E-state index contributed by atoms with van der Waals surface area (Å²) >= 11 is 0. The van der Waals surface area contributed by atoms with Gasteiger partial charge in [0.25, 0.3) is 0 Å². The van der Waals surface area contributed by atoms with E-state index in [9.17, 15) is 0 Å². The summed E-state index contributed by atoms with van der Waals surface area (Å²) in [7, 11) is 0. The molecule has 0 unspecified atom stereocenters. The molecule has 0 aliphatic carbocycles. The van der Waals surface area contributed by atoms with Crippen molar-refractivity contribution in [2.45, 2.75) is 0 Å². The molecule has 6 heteroatoms. The van der Waals surface area contributed by atoms with Gasteiger partial charge in [-0.15, -0.1) is 0 Å². The molecule has 0 aliphatic heterocycles. The van der Waals surface area contributed by atoms with Gasteiger partial charge in [0.1, 0.15) is 5.65 Å². The van der Waals surface area contributed by atoms with Crippen molar-refractivity contribution in [1.29, 1.82) is 0 Å². The van der Waals surface area contributed by atoms with Crippen molar-refractivity contribution in [2.75, 3.05) is 11.5 Å². The monoisotopic (exact) mass is 226 g/mol. The number of hydrogen-bond donors (Lipinski definition) is 3. The standard InChI is InChI=1S/C11H10N6/c12-9-6-1-3-14-10(6)16-5-7(9)8-2-4-15-11(13)17-8/h1-5H,(H3,12,14,16)(H2,13,15,17). The average Bonchev–Trinajstić information content (AvgIpc) is 2.78. The van der Waals surface area contributed by atoms with E-state index in [1.54, 1.807) is 24.7 Å². The zero-order valence-corrected chi connectivity index (χ0v) is 8.88. The van der Waals surface area contributed by atoms with E-state index in [-0.39, 0.29) is 5.95 Å². The van der Waals surface area contributed by atoms with Crippen molar-refractivity contribution in [2.24, 2.45) is 0 Å². The Labute approximate surface area is 96.7 Å². The molecular weight excluding hydrogens is 216 g/mol. The Bertz CT molecular complexity index is 687. The van der Waals surface area contributed by atoms with Gasteiger partial charge in [-0.25, -0.2) is 15.0 Å². The number of H-pyrrole nitrogens is 1. The molecule has 6 nitrogen and oxygen atoms in total. The molecule has 0 bridgehead atoms. The number of pyridine rings is 1. The topological polar surface area (TPSA) is 106 Å². The van der Waals surface area contributed by atoms with Crippen molar-refractivity contribution in [3.05, 3.63) is 30.7 Å². The smallest absolute Gasteiger partial charge is 0.220 e. The lowest BCUT2D eigenvalue weighted by Crippen LogP contribution is -1.98. The molecule has 0 radical (unpaired) electrons. The Morgan fingerprint density at radius 3 is 2.82 bits per heavy atom. The fourth-order valence-electron chi connectivity index (χ4n) is 1.76. The average molecular weight is 226 g/mol. The maximum Gasteiger partial charge on any atom is 0.220 e. The second kappa shape index (κ2) is 3.44. The van der Waals surface area contributed by atoms with Crippen LogP contribution in [0.15, 0.2) is 30.7 Å². The first-order valence-electron chi connectivity index (χ1n) is 5.06. The van der Waals surface area contributed by atoms with Crippen LogP contribution >= 0.6 is 0 Å². The minimum Gasteiger partial charge on any atom is -0.398 e. The molecule has 0 aromatic carbocycles. The normalized spacial score (nSPS) is 10.8. The van der Waals surface area contributed by atoms with Crippen LogP contribution in [0.1, 0.15) is 0 Å². The lowest BCUT2D eigenvalue weighted by Gasteiger charge is -2.05. The Balaban J connectivity index is 2.27. The van der Waals surface area contributed by atoms with Gasteiger partial charge < -0.3 is 16.5 Å². The second-order valence-corrected chi connectivity index (χ2v) is 3.63. The van der Waals surface area contributed by atoms with Crippen LogP contribution in [0.4, 0.5) is 11.6 Å². The fourth-order valence-corrected chi connectivity index (χ4v) is 1.76. The number of hydrogen-bond acceptors (Lipinski definition) is 5. The predicted octanol–water partition coefficient (Wildman–Crippen LogP) is 1.18. The molecular formula is C11H10N6. The number of nitrogens with zero attached hydrogens (tertiary/aromatic N) is 3. The van der Waals surface area contributed by atoms with E-state index >= 15 is 0 Å². The van der Waals surface area contributed by atoms with Crippen molar-refractivity contribution in [1.82, 2.24) is 19.9 Å². The summed E-state index contributed by atoms with van der Waals surface area (Å²) in [5.41, 5.74) is 14.5. The highest BCUT2D eigenvalue weighted by Crippen LogP contribution is 2.29. The third-order valence-corrected chi connectivity index (χ3v) is 2.58. The molecule has 3 rings (SSSR count). The molecule has 0 atom stereocenters. The van der Waals surface area contributed by atoms with Crippen molar-refractivity contribution < 1.29 is 0 Å². The SMILES string of the molecule is Nc1nccc(-c2cnc3[nH]ccc3c2N)n1. The number of anilines is 2. The van der Waals surface area contributed by atoms with Gasteiger partial charge in [0.15, 0.2) is 0 Å². The predicted molar refractivity (Wildman–Crippen MR) is 65.9 cm³/mol. The number of aromatic amines is 1. The summed E-state index contributed by atoms with van der Waals surface area (Å²) in [5.74, 6) is 0.219.